The summed E-state index contributed by atoms with van der Waals surface area (Å²) in [6, 6.07) is 8.66. The molecular weight excluding hydrogens is 214 g/mol. The van der Waals surface area contributed by atoms with E-state index < -0.39 is 10.2 Å². The van der Waals surface area contributed by atoms with Gasteiger partial charge < -0.3 is 0 Å². The van der Waals surface area contributed by atoms with E-state index in [-0.39, 0.29) is 6.54 Å². The van der Waals surface area contributed by atoms with E-state index >= 15 is 0 Å². The summed E-state index contributed by atoms with van der Waals surface area (Å²) >= 11 is 0. The first-order valence-electron chi connectivity index (χ1n) is 4.28. The van der Waals surface area contributed by atoms with E-state index in [0.29, 0.717) is 5.69 Å². The monoisotopic (exact) mass is 227 g/mol. The van der Waals surface area contributed by atoms with Gasteiger partial charge in [0.05, 0.1) is 12.2 Å². The average molecular weight is 227 g/mol. The Hall–Kier alpha value is -1.37. The second-order valence-corrected chi connectivity index (χ2v) is 4.40. The summed E-state index contributed by atoms with van der Waals surface area (Å²) in [6.45, 7) is 3.66. The van der Waals surface area contributed by atoms with Gasteiger partial charge in [-0.05, 0) is 12.1 Å². The Bertz CT molecular complexity index is 416. The lowest BCUT2D eigenvalue weighted by Crippen LogP contribution is -2.44. The summed E-state index contributed by atoms with van der Waals surface area (Å²) in [7, 11) is -3.69. The van der Waals surface area contributed by atoms with Crippen LogP contribution in [0.4, 0.5) is 5.69 Å². The van der Waals surface area contributed by atoms with Crippen molar-refractivity contribution in [3.05, 3.63) is 43.0 Å². The fraction of sp³-hybridized carbons (Fsp3) is 0.111. The van der Waals surface area contributed by atoms with Crippen LogP contribution in [-0.4, -0.2) is 15.0 Å². The van der Waals surface area contributed by atoms with Crippen LogP contribution in [0.25, 0.3) is 0 Å². The first-order chi connectivity index (χ1) is 7.11. The van der Waals surface area contributed by atoms with Crippen LogP contribution in [0.5, 0.6) is 0 Å². The summed E-state index contributed by atoms with van der Waals surface area (Å²) in [5, 5.41) is 0. The zero-order valence-corrected chi connectivity index (χ0v) is 8.94. The molecule has 0 radical (unpaired) electrons. The minimum absolute atomic E-state index is 0.163. The molecule has 0 bridgehead atoms. The summed E-state index contributed by atoms with van der Waals surface area (Å²) in [6.07, 6.45) is 1.49. The predicted octanol–water partition coefficient (Wildman–Crippen LogP) is 0.387. The Morgan fingerprint density at radius 2 is 2.00 bits per heavy atom. The second-order valence-electron chi connectivity index (χ2n) is 2.78. The van der Waals surface area contributed by atoms with Crippen molar-refractivity contribution < 1.29 is 8.42 Å². The van der Waals surface area contributed by atoms with Crippen molar-refractivity contribution in [2.45, 2.75) is 0 Å². The van der Waals surface area contributed by atoms with Gasteiger partial charge in [-0.3, -0.25) is 10.1 Å². The fourth-order valence-electron chi connectivity index (χ4n) is 1.12. The van der Waals surface area contributed by atoms with Gasteiger partial charge in [0, 0.05) is 0 Å². The Kier molecular flexibility index (Phi) is 3.84. The van der Waals surface area contributed by atoms with E-state index in [1.54, 1.807) is 35.2 Å². The average Bonchev–Trinajstić information content (AvgIpc) is 2.27. The summed E-state index contributed by atoms with van der Waals surface area (Å²) < 4.78 is 24.2. The number of nitrogens with zero attached hydrogens (tertiary/aromatic N) is 1. The topological polar surface area (TPSA) is 75.4 Å². The normalized spacial score (nSPS) is 11.0. The van der Waals surface area contributed by atoms with Crippen molar-refractivity contribution in [2.75, 3.05) is 10.8 Å². The van der Waals surface area contributed by atoms with Gasteiger partial charge in [-0.2, -0.15) is 8.42 Å². The van der Waals surface area contributed by atoms with Crippen molar-refractivity contribution in [1.82, 2.24) is 4.83 Å². The molecule has 0 aliphatic carbocycles. The molecule has 1 aromatic carbocycles. The molecule has 0 saturated heterocycles. The van der Waals surface area contributed by atoms with E-state index in [1.165, 1.54) is 6.08 Å². The lowest BCUT2D eigenvalue weighted by Gasteiger charge is -2.21. The molecule has 0 heterocycles. The van der Waals surface area contributed by atoms with Gasteiger partial charge >= 0.3 is 10.2 Å². The molecule has 0 atom stereocenters. The van der Waals surface area contributed by atoms with Crippen LogP contribution < -0.4 is 15.0 Å². The minimum atomic E-state index is -3.69. The number of hydrogen-bond acceptors (Lipinski definition) is 3. The number of hydrazine groups is 1. The molecular formula is C9H13N3O2S. The number of benzene rings is 1. The van der Waals surface area contributed by atoms with Crippen molar-refractivity contribution in [2.24, 2.45) is 5.84 Å². The number of rotatable bonds is 5. The Labute approximate surface area is 89.4 Å². The maximum absolute atomic E-state index is 11.5. The van der Waals surface area contributed by atoms with Crippen LogP contribution in [0.1, 0.15) is 0 Å². The van der Waals surface area contributed by atoms with Gasteiger partial charge in [-0.1, -0.05) is 24.3 Å². The Morgan fingerprint density at radius 1 is 1.40 bits per heavy atom. The number of nitrogens with two attached hydrogens (primary N) is 1. The van der Waals surface area contributed by atoms with Gasteiger partial charge in [0.15, 0.2) is 0 Å². The molecule has 1 rings (SSSR count). The zero-order chi connectivity index (χ0) is 11.3. The number of para-hydroxylation sites is 1. The molecule has 0 fully saturated rings. The highest BCUT2D eigenvalue weighted by molar-refractivity contribution is 7.90. The van der Waals surface area contributed by atoms with E-state index in [9.17, 15) is 8.42 Å². The van der Waals surface area contributed by atoms with E-state index in [4.69, 9.17) is 5.84 Å². The van der Waals surface area contributed by atoms with Crippen molar-refractivity contribution >= 4 is 15.9 Å². The van der Waals surface area contributed by atoms with E-state index in [0.717, 1.165) is 4.31 Å². The molecule has 0 spiro atoms. The molecule has 3 N–H and O–H groups in total. The summed E-state index contributed by atoms with van der Waals surface area (Å²) in [5.41, 5.74) is 0.537. The van der Waals surface area contributed by atoms with Crippen LogP contribution in [0, 0.1) is 0 Å². The molecule has 15 heavy (non-hydrogen) atoms. The van der Waals surface area contributed by atoms with Crippen molar-refractivity contribution in [1.29, 1.82) is 0 Å². The molecule has 0 unspecified atom stereocenters. The predicted molar refractivity (Wildman–Crippen MR) is 60.2 cm³/mol. The quantitative estimate of drug-likeness (QED) is 0.434. The van der Waals surface area contributed by atoms with Crippen LogP contribution >= 0.6 is 0 Å². The number of nitrogens with one attached hydrogen (secondary N) is 1. The summed E-state index contributed by atoms with van der Waals surface area (Å²) in [4.78, 5) is 1.78. The third-order valence-corrected chi connectivity index (χ3v) is 3.02. The second kappa shape index (κ2) is 4.92. The van der Waals surface area contributed by atoms with Gasteiger partial charge in [-0.15, -0.1) is 11.4 Å². The molecule has 5 nitrogen and oxygen atoms in total. The smallest absolute Gasteiger partial charge is 0.256 e. The van der Waals surface area contributed by atoms with Crippen LogP contribution in [-0.2, 0) is 10.2 Å². The van der Waals surface area contributed by atoms with Crippen LogP contribution in [0.2, 0.25) is 0 Å². The van der Waals surface area contributed by atoms with Gasteiger partial charge in [0.2, 0.25) is 0 Å². The fourth-order valence-corrected chi connectivity index (χ4v) is 1.95. The molecule has 0 aromatic heterocycles. The Morgan fingerprint density at radius 3 is 2.47 bits per heavy atom. The molecule has 0 aliphatic heterocycles. The van der Waals surface area contributed by atoms with Gasteiger partial charge in [-0.25, -0.2) is 0 Å². The molecule has 0 saturated carbocycles. The Balaban J connectivity index is 3.09. The third-order valence-electron chi connectivity index (χ3n) is 1.78. The molecule has 0 aliphatic rings. The molecule has 1 aromatic rings. The molecule has 82 valence electrons. The first-order valence-corrected chi connectivity index (χ1v) is 5.72. The summed E-state index contributed by atoms with van der Waals surface area (Å²) in [5.74, 6) is 4.96. The van der Waals surface area contributed by atoms with Crippen molar-refractivity contribution in [3.63, 3.8) is 0 Å². The first kappa shape index (κ1) is 11.7. The highest BCUT2D eigenvalue weighted by atomic mass is 32.2. The van der Waals surface area contributed by atoms with Crippen LogP contribution in [0.15, 0.2) is 43.0 Å². The van der Waals surface area contributed by atoms with Crippen molar-refractivity contribution in [3.8, 4) is 0 Å². The maximum Gasteiger partial charge on any atom is 0.314 e. The maximum atomic E-state index is 11.5. The molecule has 0 amide bonds. The van der Waals surface area contributed by atoms with Crippen LogP contribution in [0.3, 0.4) is 0 Å². The largest absolute Gasteiger partial charge is 0.314 e. The zero-order valence-electron chi connectivity index (χ0n) is 8.13. The molecule has 6 heteroatoms. The van der Waals surface area contributed by atoms with Gasteiger partial charge in [0.25, 0.3) is 0 Å². The SMILES string of the molecule is C=CCN(c1ccccc1)S(=O)(=O)NN. The standard InChI is InChI=1S/C9H13N3O2S/c1-2-8-12(15(13,14)11-10)9-6-4-3-5-7-9/h2-7,11H,1,8,10H2. The minimum Gasteiger partial charge on any atom is -0.256 e. The number of anilines is 1. The third kappa shape index (κ3) is 2.79. The highest BCUT2D eigenvalue weighted by Crippen LogP contribution is 2.15. The van der Waals surface area contributed by atoms with E-state index in [1.807, 2.05) is 0 Å². The number of hydrogen-bond donors (Lipinski definition) is 2. The lowest BCUT2D eigenvalue weighted by atomic mass is 10.3. The lowest BCUT2D eigenvalue weighted by molar-refractivity contribution is 0.580. The highest BCUT2D eigenvalue weighted by Gasteiger charge is 2.18. The van der Waals surface area contributed by atoms with E-state index in [2.05, 4.69) is 6.58 Å². The van der Waals surface area contributed by atoms with Gasteiger partial charge in [0.1, 0.15) is 0 Å².